The van der Waals surface area contributed by atoms with Gasteiger partial charge in [0.05, 0.1) is 4.47 Å². The van der Waals surface area contributed by atoms with Crippen molar-refractivity contribution in [2.75, 3.05) is 0 Å². The van der Waals surface area contributed by atoms with E-state index in [1.807, 2.05) is 6.07 Å². The van der Waals surface area contributed by atoms with Crippen molar-refractivity contribution >= 4 is 15.9 Å². The average molecular weight is 324 g/mol. The van der Waals surface area contributed by atoms with E-state index < -0.39 is 0 Å². The van der Waals surface area contributed by atoms with Crippen molar-refractivity contribution < 1.29 is 8.81 Å². The van der Waals surface area contributed by atoms with E-state index in [1.54, 1.807) is 6.07 Å². The summed E-state index contributed by atoms with van der Waals surface area (Å²) in [7, 11) is 0. The summed E-state index contributed by atoms with van der Waals surface area (Å²) in [5, 5.41) is 0. The Morgan fingerprint density at radius 3 is 2.84 bits per heavy atom. The highest BCUT2D eigenvalue weighted by atomic mass is 79.9. The molecular weight excluding hydrogens is 309 g/mol. The van der Waals surface area contributed by atoms with Crippen molar-refractivity contribution in [3.63, 3.8) is 0 Å². The number of hydrogen-bond acceptors (Lipinski definition) is 2. The topological polar surface area (TPSA) is 26.0 Å². The third-order valence-electron chi connectivity index (χ3n) is 3.78. The van der Waals surface area contributed by atoms with Crippen molar-refractivity contribution in [3.05, 3.63) is 40.6 Å². The van der Waals surface area contributed by atoms with E-state index in [2.05, 4.69) is 20.9 Å². The van der Waals surface area contributed by atoms with Crippen LogP contribution in [0.3, 0.4) is 0 Å². The fraction of sp³-hybridized carbons (Fsp3) is 0.400. The van der Waals surface area contributed by atoms with Gasteiger partial charge in [0.1, 0.15) is 17.3 Å². The third-order valence-corrected chi connectivity index (χ3v) is 4.43. The van der Waals surface area contributed by atoms with Crippen LogP contribution in [0.25, 0.3) is 11.3 Å². The van der Waals surface area contributed by atoms with Crippen LogP contribution in [0.1, 0.15) is 31.4 Å². The maximum atomic E-state index is 13.6. The molecule has 4 heteroatoms. The fourth-order valence-corrected chi connectivity index (χ4v) is 3.02. The Balaban J connectivity index is 1.87. The molecule has 0 atom stereocenters. The molecule has 1 aliphatic rings. The summed E-state index contributed by atoms with van der Waals surface area (Å²) < 4.78 is 19.6. The number of oxazole rings is 1. The highest BCUT2D eigenvalue weighted by Crippen LogP contribution is 2.32. The number of nitrogens with zero attached hydrogens (tertiary/aromatic N) is 1. The molecule has 1 fully saturated rings. The first kappa shape index (κ1) is 12.9. The predicted octanol–water partition coefficient (Wildman–Crippen LogP) is 4.98. The van der Waals surface area contributed by atoms with Crippen LogP contribution in [0.15, 0.2) is 33.5 Å². The number of rotatable bonds is 3. The molecule has 3 rings (SSSR count). The van der Waals surface area contributed by atoms with Crippen LogP contribution >= 0.6 is 15.9 Å². The predicted molar refractivity (Wildman–Crippen MR) is 75.3 cm³/mol. The van der Waals surface area contributed by atoms with E-state index in [0.29, 0.717) is 10.4 Å². The van der Waals surface area contributed by atoms with Crippen molar-refractivity contribution in [2.45, 2.75) is 32.1 Å². The second-order valence-corrected chi connectivity index (χ2v) is 5.96. The van der Waals surface area contributed by atoms with Crippen LogP contribution in [0.5, 0.6) is 0 Å². The fourth-order valence-electron chi connectivity index (χ4n) is 2.77. The molecule has 0 radical (unpaired) electrons. The van der Waals surface area contributed by atoms with E-state index in [-0.39, 0.29) is 5.82 Å². The van der Waals surface area contributed by atoms with E-state index in [0.717, 1.165) is 23.4 Å². The molecule has 1 saturated carbocycles. The van der Waals surface area contributed by atoms with Crippen LogP contribution in [0.4, 0.5) is 4.39 Å². The van der Waals surface area contributed by atoms with Gasteiger partial charge in [0.2, 0.25) is 0 Å². The van der Waals surface area contributed by atoms with Gasteiger partial charge in [-0.3, -0.25) is 0 Å². The lowest BCUT2D eigenvalue weighted by Gasteiger charge is -2.07. The van der Waals surface area contributed by atoms with Crippen LogP contribution in [0, 0.1) is 11.7 Å². The summed E-state index contributed by atoms with van der Waals surface area (Å²) >= 11 is 3.16. The summed E-state index contributed by atoms with van der Waals surface area (Å²) in [4.78, 5) is 4.25. The Hall–Kier alpha value is -1.16. The number of aromatic nitrogens is 1. The van der Waals surface area contributed by atoms with Crippen LogP contribution < -0.4 is 0 Å². The number of hydrogen-bond donors (Lipinski definition) is 0. The normalized spacial score (nSPS) is 16.1. The quantitative estimate of drug-likeness (QED) is 0.796. The minimum absolute atomic E-state index is 0.271. The standard InChI is InChI=1S/C15H15BrFNO/c16-12-6-5-11(8-13(12)17)15-14(19-9-18-15)7-10-3-1-2-4-10/h5-6,8-10H,1-4,7H2. The zero-order chi connectivity index (χ0) is 13.2. The molecule has 1 aromatic heterocycles. The molecule has 19 heavy (non-hydrogen) atoms. The lowest BCUT2D eigenvalue weighted by Crippen LogP contribution is -1.99. The SMILES string of the molecule is Fc1cc(-c2ncoc2CC2CCCC2)ccc1Br. The molecule has 0 unspecified atom stereocenters. The van der Waals surface area contributed by atoms with Crippen LogP contribution in [-0.4, -0.2) is 4.98 Å². The van der Waals surface area contributed by atoms with E-state index in [9.17, 15) is 4.39 Å². The van der Waals surface area contributed by atoms with Gasteiger partial charge in [-0.1, -0.05) is 31.7 Å². The average Bonchev–Trinajstić information content (AvgIpc) is 3.05. The maximum absolute atomic E-state index is 13.6. The highest BCUT2D eigenvalue weighted by molar-refractivity contribution is 9.10. The molecule has 1 aromatic carbocycles. The lowest BCUT2D eigenvalue weighted by atomic mass is 9.99. The van der Waals surface area contributed by atoms with Gasteiger partial charge in [-0.2, -0.15) is 0 Å². The minimum Gasteiger partial charge on any atom is -0.448 e. The zero-order valence-corrected chi connectivity index (χ0v) is 12.1. The Bertz CT molecular complexity index is 575. The summed E-state index contributed by atoms with van der Waals surface area (Å²) in [5.41, 5.74) is 1.56. The lowest BCUT2D eigenvalue weighted by molar-refractivity contribution is 0.443. The minimum atomic E-state index is -0.271. The summed E-state index contributed by atoms with van der Waals surface area (Å²) in [6.45, 7) is 0. The van der Waals surface area contributed by atoms with Crippen molar-refractivity contribution in [1.82, 2.24) is 4.98 Å². The molecule has 1 aliphatic carbocycles. The second-order valence-electron chi connectivity index (χ2n) is 5.11. The first-order valence-corrected chi connectivity index (χ1v) is 7.41. The van der Waals surface area contributed by atoms with Gasteiger partial charge in [0.25, 0.3) is 0 Å². The smallest absolute Gasteiger partial charge is 0.181 e. The highest BCUT2D eigenvalue weighted by Gasteiger charge is 2.20. The molecule has 0 saturated heterocycles. The van der Waals surface area contributed by atoms with Crippen LogP contribution in [0.2, 0.25) is 0 Å². The van der Waals surface area contributed by atoms with E-state index in [4.69, 9.17) is 4.42 Å². The van der Waals surface area contributed by atoms with Crippen molar-refractivity contribution in [1.29, 1.82) is 0 Å². The largest absolute Gasteiger partial charge is 0.448 e. The maximum Gasteiger partial charge on any atom is 0.181 e. The Morgan fingerprint density at radius 2 is 2.11 bits per heavy atom. The molecule has 2 aromatic rings. The van der Waals surface area contributed by atoms with Gasteiger partial charge >= 0.3 is 0 Å². The summed E-state index contributed by atoms with van der Waals surface area (Å²) in [6, 6.07) is 5.07. The van der Waals surface area contributed by atoms with Gasteiger partial charge < -0.3 is 4.42 Å². The Morgan fingerprint density at radius 1 is 1.32 bits per heavy atom. The van der Waals surface area contributed by atoms with Gasteiger partial charge in [0, 0.05) is 12.0 Å². The molecule has 0 N–H and O–H groups in total. The van der Waals surface area contributed by atoms with Crippen molar-refractivity contribution in [2.24, 2.45) is 5.92 Å². The van der Waals surface area contributed by atoms with Gasteiger partial charge in [-0.05, 0) is 34.0 Å². The van der Waals surface area contributed by atoms with E-state index in [1.165, 1.54) is 38.1 Å². The van der Waals surface area contributed by atoms with E-state index >= 15 is 0 Å². The third kappa shape index (κ3) is 2.73. The van der Waals surface area contributed by atoms with Gasteiger partial charge in [-0.15, -0.1) is 0 Å². The van der Waals surface area contributed by atoms with Crippen molar-refractivity contribution in [3.8, 4) is 11.3 Å². The first-order chi connectivity index (χ1) is 9.24. The molecule has 0 spiro atoms. The molecule has 0 bridgehead atoms. The molecule has 2 nitrogen and oxygen atoms in total. The molecule has 0 amide bonds. The second kappa shape index (κ2) is 5.45. The number of benzene rings is 1. The number of halogens is 2. The first-order valence-electron chi connectivity index (χ1n) is 6.62. The molecule has 1 heterocycles. The van der Waals surface area contributed by atoms with Gasteiger partial charge in [-0.25, -0.2) is 9.37 Å². The molecule has 0 aliphatic heterocycles. The monoisotopic (exact) mass is 323 g/mol. The molecular formula is C15H15BrFNO. The Labute approximate surface area is 120 Å². The zero-order valence-electron chi connectivity index (χ0n) is 10.5. The Kier molecular flexibility index (Phi) is 3.69. The summed E-state index contributed by atoms with van der Waals surface area (Å²) in [6.07, 6.45) is 7.50. The molecule has 100 valence electrons. The van der Waals surface area contributed by atoms with Crippen LogP contribution in [-0.2, 0) is 6.42 Å². The van der Waals surface area contributed by atoms with Gasteiger partial charge in [0.15, 0.2) is 6.39 Å². The summed E-state index contributed by atoms with van der Waals surface area (Å²) in [5.74, 6) is 1.30.